The summed E-state index contributed by atoms with van der Waals surface area (Å²) in [5.74, 6) is -1.55. The van der Waals surface area contributed by atoms with Gasteiger partial charge in [-0.05, 0) is 54.1 Å². The van der Waals surface area contributed by atoms with Crippen molar-refractivity contribution in [3.05, 3.63) is 102 Å². The molecule has 3 aromatic carbocycles. The molecule has 0 aliphatic carbocycles. The van der Waals surface area contributed by atoms with Crippen molar-refractivity contribution in [2.75, 3.05) is 22.6 Å². The lowest BCUT2D eigenvalue weighted by atomic mass is 10.1. The second-order valence-corrected chi connectivity index (χ2v) is 8.71. The molecule has 4 aromatic rings. The molecule has 2 heterocycles. The van der Waals surface area contributed by atoms with Gasteiger partial charge in [-0.15, -0.1) is 0 Å². The molecule has 198 valence electrons. The molecule has 1 aliphatic heterocycles. The minimum absolute atomic E-state index is 0.0166. The van der Waals surface area contributed by atoms with Gasteiger partial charge in [0.25, 0.3) is 5.91 Å². The predicted octanol–water partition coefficient (Wildman–Crippen LogP) is 6.31. The average Bonchev–Trinajstić information content (AvgIpc) is 3.29. The minimum atomic E-state index is -4.78. The minimum Gasteiger partial charge on any atom is -0.355 e. The van der Waals surface area contributed by atoms with Crippen LogP contribution < -0.4 is 20.9 Å². The Kier molecular flexibility index (Phi) is 6.65. The fraction of sp³-hybridized carbons (Fsp3) is 0.107. The van der Waals surface area contributed by atoms with Crippen molar-refractivity contribution >= 4 is 45.9 Å². The Hall–Kier alpha value is -4.93. The molecule has 0 saturated carbocycles. The number of rotatable bonds is 6. The van der Waals surface area contributed by atoms with Crippen LogP contribution in [0, 0.1) is 5.82 Å². The van der Waals surface area contributed by atoms with Crippen molar-refractivity contribution in [1.29, 1.82) is 0 Å². The number of halogens is 4. The Morgan fingerprint density at radius 2 is 1.79 bits per heavy atom. The third-order valence-corrected chi connectivity index (χ3v) is 6.17. The summed E-state index contributed by atoms with van der Waals surface area (Å²) in [6, 6.07) is 16.3. The molecule has 2 amide bonds. The Bertz CT molecular complexity index is 1590. The summed E-state index contributed by atoms with van der Waals surface area (Å²) in [4.78, 5) is 29.4. The number of anilines is 6. The van der Waals surface area contributed by atoms with Crippen molar-refractivity contribution in [2.45, 2.75) is 12.6 Å². The standard InChI is InChI=1S/C28H21F4N5O2/c1-33-27(39)19-13-17(29)7-9-23(19)37(24-10-11-34-15-20(24)28(30,31)32)25-5-3-2-4-21(25)35-18-8-6-16-12-26(38)36-22(16)14-18/h2-11,13-15,35H,12H2,1H3,(H,33,39)(H,36,38). The molecule has 3 N–H and O–H groups in total. The van der Waals surface area contributed by atoms with Gasteiger partial charge >= 0.3 is 6.18 Å². The van der Waals surface area contributed by atoms with E-state index >= 15 is 0 Å². The largest absolute Gasteiger partial charge is 0.419 e. The number of aromatic nitrogens is 1. The molecule has 1 aliphatic rings. The number of amides is 2. The van der Waals surface area contributed by atoms with Gasteiger partial charge in [0.15, 0.2) is 0 Å². The first-order valence-electron chi connectivity index (χ1n) is 11.8. The van der Waals surface area contributed by atoms with Crippen LogP contribution >= 0.6 is 0 Å². The number of nitrogens with zero attached hydrogens (tertiary/aromatic N) is 2. The van der Waals surface area contributed by atoms with E-state index < -0.39 is 23.5 Å². The smallest absolute Gasteiger partial charge is 0.355 e. The SMILES string of the molecule is CNC(=O)c1cc(F)ccc1N(c1ccccc1Nc1ccc2c(c1)NC(=O)C2)c1ccncc1C(F)(F)F. The number of nitrogens with one attached hydrogen (secondary N) is 3. The van der Waals surface area contributed by atoms with Gasteiger partial charge in [-0.25, -0.2) is 4.39 Å². The molecule has 0 fully saturated rings. The third-order valence-electron chi connectivity index (χ3n) is 6.17. The fourth-order valence-electron chi connectivity index (χ4n) is 4.43. The molecular weight excluding hydrogens is 514 g/mol. The second-order valence-electron chi connectivity index (χ2n) is 8.71. The van der Waals surface area contributed by atoms with Crippen LogP contribution in [0.3, 0.4) is 0 Å². The molecular formula is C28H21F4N5O2. The molecule has 0 spiro atoms. The first-order chi connectivity index (χ1) is 18.7. The summed E-state index contributed by atoms with van der Waals surface area (Å²) in [5.41, 5.74) is 1.15. The molecule has 11 heteroatoms. The summed E-state index contributed by atoms with van der Waals surface area (Å²) in [5, 5.41) is 8.39. The maximum Gasteiger partial charge on any atom is 0.419 e. The lowest BCUT2D eigenvalue weighted by molar-refractivity contribution is -0.137. The summed E-state index contributed by atoms with van der Waals surface area (Å²) < 4.78 is 56.8. The van der Waals surface area contributed by atoms with Crippen LogP contribution in [0.2, 0.25) is 0 Å². The predicted molar refractivity (Wildman–Crippen MR) is 139 cm³/mol. The Balaban J connectivity index is 1.71. The van der Waals surface area contributed by atoms with E-state index in [9.17, 15) is 27.2 Å². The Morgan fingerprint density at radius 1 is 1.00 bits per heavy atom. The lowest BCUT2D eigenvalue weighted by Gasteiger charge is -2.31. The normalized spacial score (nSPS) is 12.5. The van der Waals surface area contributed by atoms with Crippen molar-refractivity contribution in [3.8, 4) is 0 Å². The molecule has 0 atom stereocenters. The van der Waals surface area contributed by atoms with Crippen molar-refractivity contribution in [1.82, 2.24) is 10.3 Å². The topological polar surface area (TPSA) is 86.4 Å². The van der Waals surface area contributed by atoms with Gasteiger partial charge in [-0.1, -0.05) is 18.2 Å². The van der Waals surface area contributed by atoms with Gasteiger partial charge in [0.2, 0.25) is 5.91 Å². The highest BCUT2D eigenvalue weighted by Crippen LogP contribution is 2.46. The maximum absolute atomic E-state index is 14.3. The number of fused-ring (bicyclic) bond motifs is 1. The van der Waals surface area contributed by atoms with Gasteiger partial charge in [0.1, 0.15) is 5.82 Å². The van der Waals surface area contributed by atoms with Crippen LogP contribution in [-0.4, -0.2) is 23.8 Å². The van der Waals surface area contributed by atoms with Crippen LogP contribution in [0.1, 0.15) is 21.5 Å². The van der Waals surface area contributed by atoms with Crippen LogP contribution in [0.25, 0.3) is 0 Å². The molecule has 0 saturated heterocycles. The summed E-state index contributed by atoms with van der Waals surface area (Å²) >= 11 is 0. The monoisotopic (exact) mass is 535 g/mol. The van der Waals surface area contributed by atoms with E-state index in [-0.39, 0.29) is 35.0 Å². The van der Waals surface area contributed by atoms with Gasteiger partial charge in [-0.3, -0.25) is 14.6 Å². The molecule has 0 unspecified atom stereocenters. The summed E-state index contributed by atoms with van der Waals surface area (Å²) in [6.45, 7) is 0. The average molecular weight is 536 g/mol. The molecule has 5 rings (SSSR count). The Morgan fingerprint density at radius 3 is 2.56 bits per heavy atom. The lowest BCUT2D eigenvalue weighted by Crippen LogP contribution is -2.24. The number of hydrogen-bond acceptors (Lipinski definition) is 5. The van der Waals surface area contributed by atoms with Crippen LogP contribution in [0.15, 0.2) is 79.1 Å². The number of benzene rings is 3. The maximum atomic E-state index is 14.3. The molecule has 0 bridgehead atoms. The van der Waals surface area contributed by atoms with E-state index in [0.29, 0.717) is 23.3 Å². The third kappa shape index (κ3) is 5.11. The first-order valence-corrected chi connectivity index (χ1v) is 11.8. The zero-order valence-corrected chi connectivity index (χ0v) is 20.4. The van der Waals surface area contributed by atoms with E-state index in [1.54, 1.807) is 42.5 Å². The Labute approximate surface area is 220 Å². The fourth-order valence-corrected chi connectivity index (χ4v) is 4.43. The number of hydrogen-bond donors (Lipinski definition) is 3. The molecule has 1 aromatic heterocycles. The van der Waals surface area contributed by atoms with Crippen LogP contribution in [-0.2, 0) is 17.4 Å². The van der Waals surface area contributed by atoms with Gasteiger partial charge in [0.05, 0.1) is 40.3 Å². The zero-order chi connectivity index (χ0) is 27.7. The van der Waals surface area contributed by atoms with Gasteiger partial charge in [0, 0.05) is 30.8 Å². The number of carbonyl (C=O) groups excluding carboxylic acids is 2. The second kappa shape index (κ2) is 10.1. The van der Waals surface area contributed by atoms with Gasteiger partial charge < -0.3 is 20.9 Å². The summed E-state index contributed by atoms with van der Waals surface area (Å²) in [6.07, 6.45) is -2.62. The van der Waals surface area contributed by atoms with Crippen molar-refractivity contribution in [3.63, 3.8) is 0 Å². The summed E-state index contributed by atoms with van der Waals surface area (Å²) in [7, 11) is 1.34. The quantitative estimate of drug-likeness (QED) is 0.252. The zero-order valence-electron chi connectivity index (χ0n) is 20.4. The van der Waals surface area contributed by atoms with E-state index in [4.69, 9.17) is 0 Å². The van der Waals surface area contributed by atoms with E-state index in [2.05, 4.69) is 20.9 Å². The highest BCUT2D eigenvalue weighted by molar-refractivity contribution is 6.03. The van der Waals surface area contributed by atoms with Crippen LogP contribution in [0.5, 0.6) is 0 Å². The molecule has 0 radical (unpaired) electrons. The van der Waals surface area contributed by atoms with Crippen LogP contribution in [0.4, 0.5) is 51.7 Å². The van der Waals surface area contributed by atoms with Crippen molar-refractivity contribution < 1.29 is 27.2 Å². The highest BCUT2D eigenvalue weighted by Gasteiger charge is 2.37. The number of carbonyl (C=O) groups is 2. The number of para-hydroxylation sites is 2. The van der Waals surface area contributed by atoms with E-state index in [1.807, 2.05) is 0 Å². The highest BCUT2D eigenvalue weighted by atomic mass is 19.4. The van der Waals surface area contributed by atoms with E-state index in [0.717, 1.165) is 17.7 Å². The number of alkyl halides is 3. The van der Waals surface area contributed by atoms with Gasteiger partial charge in [-0.2, -0.15) is 13.2 Å². The first kappa shape index (κ1) is 25.7. The van der Waals surface area contributed by atoms with Crippen molar-refractivity contribution in [2.24, 2.45) is 0 Å². The molecule has 39 heavy (non-hydrogen) atoms. The molecule has 7 nitrogen and oxygen atoms in total. The van der Waals surface area contributed by atoms with E-state index in [1.165, 1.54) is 30.3 Å². The number of pyridine rings is 1.